The summed E-state index contributed by atoms with van der Waals surface area (Å²) in [4.78, 5) is 26.7. The Morgan fingerprint density at radius 3 is 2.44 bits per heavy atom. The molecule has 7 heteroatoms. The number of phenolic OH excluding ortho intramolecular Hbond substituents is 1. The van der Waals surface area contributed by atoms with Crippen molar-refractivity contribution in [3.05, 3.63) is 63.6 Å². The first kappa shape index (κ1) is 19.5. The maximum atomic E-state index is 12.4. The predicted molar refractivity (Wildman–Crippen MR) is 105 cm³/mol. The van der Waals surface area contributed by atoms with Gasteiger partial charge in [-0.1, -0.05) is 53.5 Å². The molecule has 1 heterocycles. The summed E-state index contributed by atoms with van der Waals surface area (Å²) in [7, 11) is 0. The number of nitrogens with zero attached hydrogens (tertiary/aromatic N) is 1. The lowest BCUT2D eigenvalue weighted by atomic mass is 10.0. The number of phenols is 1. The zero-order chi connectivity index (χ0) is 19.4. The molecule has 0 aliphatic carbocycles. The van der Waals surface area contributed by atoms with Gasteiger partial charge in [-0.3, -0.25) is 9.59 Å². The first-order valence-corrected chi connectivity index (χ1v) is 9.50. The second-order valence-electron chi connectivity index (χ2n) is 6.57. The molecule has 0 atom stereocenters. The molecule has 142 valence electrons. The fraction of sp³-hybridized carbons (Fsp3) is 0.300. The highest BCUT2D eigenvalue weighted by Crippen LogP contribution is 2.31. The van der Waals surface area contributed by atoms with Crippen LogP contribution in [0.1, 0.15) is 28.8 Å². The van der Waals surface area contributed by atoms with E-state index in [1.54, 1.807) is 0 Å². The van der Waals surface area contributed by atoms with Gasteiger partial charge in [0.15, 0.2) is 0 Å². The molecule has 1 fully saturated rings. The van der Waals surface area contributed by atoms with Crippen molar-refractivity contribution < 1.29 is 14.7 Å². The highest BCUT2D eigenvalue weighted by atomic mass is 35.5. The number of benzene rings is 2. The number of likely N-dealkylation sites (tertiary alicyclic amines) is 1. The van der Waals surface area contributed by atoms with Gasteiger partial charge >= 0.3 is 0 Å². The normalized spacial score (nSPS) is 14.8. The van der Waals surface area contributed by atoms with E-state index in [2.05, 4.69) is 5.32 Å². The van der Waals surface area contributed by atoms with E-state index in [1.165, 1.54) is 12.1 Å². The van der Waals surface area contributed by atoms with E-state index in [9.17, 15) is 14.7 Å². The van der Waals surface area contributed by atoms with E-state index in [0.29, 0.717) is 32.4 Å². The van der Waals surface area contributed by atoms with E-state index in [4.69, 9.17) is 23.2 Å². The second-order valence-corrected chi connectivity index (χ2v) is 7.42. The number of nitrogens with one attached hydrogen (secondary N) is 1. The van der Waals surface area contributed by atoms with Crippen LogP contribution in [0.25, 0.3) is 0 Å². The van der Waals surface area contributed by atoms with Gasteiger partial charge in [0.05, 0.1) is 17.0 Å². The van der Waals surface area contributed by atoms with Crippen molar-refractivity contribution >= 4 is 35.0 Å². The van der Waals surface area contributed by atoms with Gasteiger partial charge in [-0.05, 0) is 30.5 Å². The lowest BCUT2D eigenvalue weighted by molar-refractivity contribution is -0.131. The van der Waals surface area contributed by atoms with Crippen molar-refractivity contribution in [2.24, 2.45) is 0 Å². The molecule has 0 radical (unpaired) electrons. The standard InChI is InChI=1S/C20H20Cl2N2O3/c21-14-11-16(19(26)17(22)12-14)20(27)23-15-6-8-24(9-7-15)18(25)10-13-4-2-1-3-5-13/h1-5,11-12,15,26H,6-10H2,(H,23,27). The van der Waals surface area contributed by atoms with E-state index in [1.807, 2.05) is 35.2 Å². The van der Waals surface area contributed by atoms with Crippen molar-refractivity contribution in [2.75, 3.05) is 13.1 Å². The van der Waals surface area contributed by atoms with Crippen LogP contribution in [-0.2, 0) is 11.2 Å². The molecular formula is C20H20Cl2N2O3. The van der Waals surface area contributed by atoms with Gasteiger partial charge in [0.2, 0.25) is 5.91 Å². The van der Waals surface area contributed by atoms with Gasteiger partial charge in [-0.2, -0.15) is 0 Å². The second kappa shape index (κ2) is 8.63. The minimum atomic E-state index is -0.425. The Morgan fingerprint density at radius 1 is 1.11 bits per heavy atom. The summed E-state index contributed by atoms with van der Waals surface area (Å²) in [5.74, 6) is -0.620. The number of amides is 2. The molecule has 5 nitrogen and oxygen atoms in total. The zero-order valence-electron chi connectivity index (χ0n) is 14.6. The summed E-state index contributed by atoms with van der Waals surface area (Å²) in [6.07, 6.45) is 1.69. The number of rotatable bonds is 4. The molecule has 2 amide bonds. The molecule has 2 aromatic rings. The Balaban J connectivity index is 1.54. The number of aromatic hydroxyl groups is 1. The Bertz CT molecular complexity index is 835. The molecular weight excluding hydrogens is 387 g/mol. The summed E-state index contributed by atoms with van der Waals surface area (Å²) < 4.78 is 0. The Hall–Kier alpha value is -2.24. The maximum Gasteiger partial charge on any atom is 0.255 e. The molecule has 2 aromatic carbocycles. The summed E-state index contributed by atoms with van der Waals surface area (Å²) >= 11 is 11.8. The number of halogens is 2. The average molecular weight is 407 g/mol. The van der Waals surface area contributed by atoms with Crippen molar-refractivity contribution in [3.63, 3.8) is 0 Å². The van der Waals surface area contributed by atoms with Crippen LogP contribution in [0.4, 0.5) is 0 Å². The Kier molecular flexibility index (Phi) is 6.24. The van der Waals surface area contributed by atoms with Crippen LogP contribution in [0, 0.1) is 0 Å². The molecule has 1 saturated heterocycles. The number of carbonyl (C=O) groups is 2. The quantitative estimate of drug-likeness (QED) is 0.813. The van der Waals surface area contributed by atoms with Crippen molar-refractivity contribution in [2.45, 2.75) is 25.3 Å². The number of carbonyl (C=O) groups excluding carboxylic acids is 2. The van der Waals surface area contributed by atoms with Gasteiger partial charge in [-0.25, -0.2) is 0 Å². The molecule has 0 spiro atoms. The average Bonchev–Trinajstić information content (AvgIpc) is 2.66. The molecule has 1 aliphatic heterocycles. The minimum absolute atomic E-state index is 0.0361. The van der Waals surface area contributed by atoms with Gasteiger partial charge in [0.1, 0.15) is 5.75 Å². The SMILES string of the molecule is O=C(NC1CCN(C(=O)Cc2ccccc2)CC1)c1cc(Cl)cc(Cl)c1O. The van der Waals surface area contributed by atoms with Crippen molar-refractivity contribution in [1.29, 1.82) is 0 Å². The van der Waals surface area contributed by atoms with Gasteiger partial charge < -0.3 is 15.3 Å². The third-order valence-corrected chi connectivity index (χ3v) is 5.16. The van der Waals surface area contributed by atoms with Crippen LogP contribution < -0.4 is 5.32 Å². The lowest BCUT2D eigenvalue weighted by Crippen LogP contribution is -2.47. The molecule has 0 bridgehead atoms. The van der Waals surface area contributed by atoms with Crippen LogP contribution in [0.5, 0.6) is 5.75 Å². The van der Waals surface area contributed by atoms with Crippen molar-refractivity contribution in [3.8, 4) is 5.75 Å². The van der Waals surface area contributed by atoms with E-state index < -0.39 is 5.91 Å². The highest BCUT2D eigenvalue weighted by Gasteiger charge is 2.25. The predicted octanol–water partition coefficient (Wildman–Crippen LogP) is 3.66. The van der Waals surface area contributed by atoms with E-state index in [-0.39, 0.29) is 33.3 Å². The molecule has 27 heavy (non-hydrogen) atoms. The van der Waals surface area contributed by atoms with Crippen LogP contribution in [-0.4, -0.2) is 41.0 Å². The topological polar surface area (TPSA) is 69.6 Å². The molecule has 1 aliphatic rings. The first-order valence-electron chi connectivity index (χ1n) is 8.74. The smallest absolute Gasteiger partial charge is 0.255 e. The van der Waals surface area contributed by atoms with Gasteiger partial charge in [0, 0.05) is 24.2 Å². The molecule has 0 unspecified atom stereocenters. The summed E-state index contributed by atoms with van der Waals surface area (Å²) in [6.45, 7) is 1.16. The first-order chi connectivity index (χ1) is 12.9. The number of piperidine rings is 1. The molecule has 2 N–H and O–H groups in total. The lowest BCUT2D eigenvalue weighted by Gasteiger charge is -2.32. The molecule has 3 rings (SSSR count). The number of hydrogen-bond acceptors (Lipinski definition) is 3. The van der Waals surface area contributed by atoms with Crippen LogP contribution in [0.3, 0.4) is 0 Å². The Morgan fingerprint density at radius 2 is 1.78 bits per heavy atom. The van der Waals surface area contributed by atoms with Gasteiger partial charge in [-0.15, -0.1) is 0 Å². The molecule has 0 aromatic heterocycles. The fourth-order valence-corrected chi connectivity index (χ4v) is 3.65. The third-order valence-electron chi connectivity index (χ3n) is 4.65. The van der Waals surface area contributed by atoms with Gasteiger partial charge in [0.25, 0.3) is 5.91 Å². The molecule has 0 saturated carbocycles. The highest BCUT2D eigenvalue weighted by molar-refractivity contribution is 6.36. The van der Waals surface area contributed by atoms with Crippen molar-refractivity contribution in [1.82, 2.24) is 10.2 Å². The van der Waals surface area contributed by atoms with Crippen LogP contribution >= 0.6 is 23.2 Å². The van der Waals surface area contributed by atoms with Crippen LogP contribution in [0.15, 0.2) is 42.5 Å². The zero-order valence-corrected chi connectivity index (χ0v) is 16.1. The third kappa shape index (κ3) is 4.93. The van der Waals surface area contributed by atoms with E-state index >= 15 is 0 Å². The monoisotopic (exact) mass is 406 g/mol. The summed E-state index contributed by atoms with van der Waals surface area (Å²) in [6, 6.07) is 12.3. The van der Waals surface area contributed by atoms with E-state index in [0.717, 1.165) is 5.56 Å². The largest absolute Gasteiger partial charge is 0.506 e. The fourth-order valence-electron chi connectivity index (χ4n) is 3.16. The van der Waals surface area contributed by atoms with Crippen LogP contribution in [0.2, 0.25) is 10.0 Å². The Labute approximate surface area is 167 Å². The summed E-state index contributed by atoms with van der Waals surface area (Å²) in [5.41, 5.74) is 1.04. The number of hydrogen-bond donors (Lipinski definition) is 2. The minimum Gasteiger partial charge on any atom is -0.506 e. The summed E-state index contributed by atoms with van der Waals surface area (Å²) in [5, 5.41) is 13.2. The maximum absolute atomic E-state index is 12.4.